The molecule has 0 amide bonds. The zero-order valence-corrected chi connectivity index (χ0v) is 12.4. The molecule has 0 atom stereocenters. The van der Waals surface area contributed by atoms with Gasteiger partial charge in [0.1, 0.15) is 5.82 Å². The second-order valence-electron chi connectivity index (χ2n) is 5.10. The van der Waals surface area contributed by atoms with Gasteiger partial charge < -0.3 is 5.32 Å². The average Bonchev–Trinajstić information content (AvgIpc) is 2.49. The van der Waals surface area contributed by atoms with E-state index in [4.69, 9.17) is 0 Å². The topological polar surface area (TPSA) is 29.1 Å². The fraction of sp³-hybridized carbons (Fsp3) is 0.278. The molecule has 2 aromatic rings. The molecule has 0 bridgehead atoms. The van der Waals surface area contributed by atoms with Gasteiger partial charge in [0.25, 0.3) is 0 Å². The number of nitrogens with one attached hydrogen (secondary N) is 1. The van der Waals surface area contributed by atoms with E-state index in [0.29, 0.717) is 6.42 Å². The van der Waals surface area contributed by atoms with Crippen LogP contribution in [-0.4, -0.2) is 12.3 Å². The molecule has 0 saturated heterocycles. The minimum absolute atomic E-state index is 0.156. The van der Waals surface area contributed by atoms with Gasteiger partial charge in [0.05, 0.1) is 0 Å². The molecule has 3 heteroatoms. The number of aryl methyl sites for hydroxylation is 1. The smallest absolute Gasteiger partial charge is 0.162 e. The first-order chi connectivity index (χ1) is 10.1. The van der Waals surface area contributed by atoms with Crippen LogP contribution in [0.25, 0.3) is 0 Å². The number of hydrogen-bond acceptors (Lipinski definition) is 2. The van der Waals surface area contributed by atoms with Crippen LogP contribution in [0.3, 0.4) is 0 Å². The molecule has 0 aliphatic rings. The number of anilines is 1. The van der Waals surface area contributed by atoms with E-state index in [1.165, 1.54) is 6.07 Å². The largest absolute Gasteiger partial charge is 0.385 e. The zero-order chi connectivity index (χ0) is 15.2. The highest BCUT2D eigenvalue weighted by atomic mass is 19.1. The van der Waals surface area contributed by atoms with Crippen LogP contribution in [0.5, 0.6) is 0 Å². The fourth-order valence-corrected chi connectivity index (χ4v) is 2.26. The molecule has 0 aromatic heterocycles. The Morgan fingerprint density at radius 3 is 2.48 bits per heavy atom. The van der Waals surface area contributed by atoms with E-state index in [-0.39, 0.29) is 11.6 Å². The van der Waals surface area contributed by atoms with E-state index in [9.17, 15) is 9.18 Å². The average molecular weight is 285 g/mol. The number of hydrogen-bond donors (Lipinski definition) is 1. The minimum Gasteiger partial charge on any atom is -0.385 e. The van der Waals surface area contributed by atoms with Gasteiger partial charge in [-0.05, 0) is 60.9 Å². The van der Waals surface area contributed by atoms with Crippen molar-refractivity contribution in [1.29, 1.82) is 0 Å². The van der Waals surface area contributed by atoms with Crippen LogP contribution in [0.15, 0.2) is 42.5 Å². The molecule has 1 N–H and O–H groups in total. The van der Waals surface area contributed by atoms with Crippen LogP contribution in [0.4, 0.5) is 10.1 Å². The quantitative estimate of drug-likeness (QED) is 0.798. The highest BCUT2D eigenvalue weighted by molar-refractivity contribution is 5.96. The van der Waals surface area contributed by atoms with Crippen molar-refractivity contribution >= 4 is 11.5 Å². The number of Topliss-reactive ketones (excluding diaryl/α,β-unsaturated/α-hetero) is 1. The standard InChI is InChI=1S/C18H20FNO/c1-3-18(21)15-5-8-17(9-6-15)20-11-10-14-4-7-16(19)12-13(14)2/h4-9,12,20H,3,10-11H2,1-2H3. The molecule has 2 rings (SSSR count). The van der Waals surface area contributed by atoms with Gasteiger partial charge in [-0.3, -0.25) is 4.79 Å². The van der Waals surface area contributed by atoms with E-state index in [1.807, 2.05) is 44.2 Å². The van der Waals surface area contributed by atoms with Crippen molar-refractivity contribution in [1.82, 2.24) is 0 Å². The molecule has 0 fully saturated rings. The Morgan fingerprint density at radius 2 is 1.86 bits per heavy atom. The van der Waals surface area contributed by atoms with Gasteiger partial charge in [0.15, 0.2) is 5.78 Å². The Kier molecular flexibility index (Phi) is 5.09. The van der Waals surface area contributed by atoms with Gasteiger partial charge in [-0.25, -0.2) is 4.39 Å². The summed E-state index contributed by atoms with van der Waals surface area (Å²) in [5.74, 6) is -0.0381. The lowest BCUT2D eigenvalue weighted by molar-refractivity contribution is 0.0988. The summed E-state index contributed by atoms with van der Waals surface area (Å²) in [5, 5.41) is 3.31. The third kappa shape index (κ3) is 4.15. The predicted octanol–water partition coefficient (Wildman–Crippen LogP) is 4.38. The van der Waals surface area contributed by atoms with Crippen molar-refractivity contribution in [2.75, 3.05) is 11.9 Å². The van der Waals surface area contributed by atoms with Crippen molar-refractivity contribution in [2.24, 2.45) is 0 Å². The summed E-state index contributed by atoms with van der Waals surface area (Å²) >= 11 is 0. The summed E-state index contributed by atoms with van der Waals surface area (Å²) in [6.07, 6.45) is 1.36. The lowest BCUT2D eigenvalue weighted by atomic mass is 10.1. The fourth-order valence-electron chi connectivity index (χ4n) is 2.26. The van der Waals surface area contributed by atoms with Gasteiger partial charge in [-0.1, -0.05) is 13.0 Å². The molecule has 0 heterocycles. The van der Waals surface area contributed by atoms with Crippen molar-refractivity contribution in [3.05, 3.63) is 65.0 Å². The molecule has 110 valence electrons. The van der Waals surface area contributed by atoms with Gasteiger partial charge in [-0.2, -0.15) is 0 Å². The Bertz CT molecular complexity index is 620. The monoisotopic (exact) mass is 285 g/mol. The highest BCUT2D eigenvalue weighted by Crippen LogP contribution is 2.13. The summed E-state index contributed by atoms with van der Waals surface area (Å²) in [6.45, 7) is 4.55. The van der Waals surface area contributed by atoms with E-state index >= 15 is 0 Å². The van der Waals surface area contributed by atoms with Crippen LogP contribution >= 0.6 is 0 Å². The molecule has 2 nitrogen and oxygen atoms in total. The number of ketones is 1. The predicted molar refractivity (Wildman–Crippen MR) is 84.4 cm³/mol. The summed E-state index contributed by atoms with van der Waals surface area (Å²) in [7, 11) is 0. The van der Waals surface area contributed by atoms with Crippen molar-refractivity contribution < 1.29 is 9.18 Å². The Morgan fingerprint density at radius 1 is 1.14 bits per heavy atom. The van der Waals surface area contributed by atoms with Gasteiger partial charge in [0, 0.05) is 24.2 Å². The van der Waals surface area contributed by atoms with Crippen LogP contribution in [-0.2, 0) is 6.42 Å². The van der Waals surface area contributed by atoms with Crippen LogP contribution in [0.1, 0.15) is 34.8 Å². The maximum absolute atomic E-state index is 13.0. The number of carbonyl (C=O) groups is 1. The number of rotatable bonds is 6. The maximum Gasteiger partial charge on any atom is 0.162 e. The SMILES string of the molecule is CCC(=O)c1ccc(NCCc2ccc(F)cc2C)cc1. The number of halogens is 1. The first kappa shape index (κ1) is 15.2. The van der Waals surface area contributed by atoms with Gasteiger partial charge in [0.2, 0.25) is 0 Å². The zero-order valence-electron chi connectivity index (χ0n) is 12.4. The maximum atomic E-state index is 13.0. The number of benzene rings is 2. The van der Waals surface area contributed by atoms with E-state index in [2.05, 4.69) is 5.32 Å². The van der Waals surface area contributed by atoms with Gasteiger partial charge in [-0.15, -0.1) is 0 Å². The molecule has 21 heavy (non-hydrogen) atoms. The summed E-state index contributed by atoms with van der Waals surface area (Å²) in [6, 6.07) is 12.4. The lowest BCUT2D eigenvalue weighted by Crippen LogP contribution is -2.06. The molecule has 2 aromatic carbocycles. The van der Waals surface area contributed by atoms with Crippen molar-refractivity contribution in [3.63, 3.8) is 0 Å². The Balaban J connectivity index is 1.90. The molecule has 0 aliphatic heterocycles. The van der Waals surface area contributed by atoms with E-state index in [0.717, 1.165) is 35.3 Å². The minimum atomic E-state index is -0.194. The first-order valence-electron chi connectivity index (χ1n) is 7.22. The molecular weight excluding hydrogens is 265 g/mol. The van der Waals surface area contributed by atoms with Crippen molar-refractivity contribution in [2.45, 2.75) is 26.7 Å². The van der Waals surface area contributed by atoms with Crippen LogP contribution in [0.2, 0.25) is 0 Å². The molecule has 0 unspecified atom stereocenters. The van der Waals surface area contributed by atoms with Crippen LogP contribution < -0.4 is 5.32 Å². The summed E-state index contributed by atoms with van der Waals surface area (Å²) in [5.41, 5.74) is 3.85. The van der Waals surface area contributed by atoms with E-state index < -0.39 is 0 Å². The Labute approximate surface area is 125 Å². The van der Waals surface area contributed by atoms with Crippen LogP contribution in [0, 0.1) is 12.7 Å². The Hall–Kier alpha value is -2.16. The summed E-state index contributed by atoms with van der Waals surface area (Å²) < 4.78 is 13.0. The van der Waals surface area contributed by atoms with Gasteiger partial charge >= 0.3 is 0 Å². The first-order valence-corrected chi connectivity index (χ1v) is 7.22. The highest BCUT2D eigenvalue weighted by Gasteiger charge is 2.03. The second-order valence-corrected chi connectivity index (χ2v) is 5.10. The molecule has 0 radical (unpaired) electrons. The second kappa shape index (κ2) is 7.02. The third-order valence-corrected chi connectivity index (χ3v) is 3.56. The van der Waals surface area contributed by atoms with E-state index in [1.54, 1.807) is 6.07 Å². The van der Waals surface area contributed by atoms with Crippen molar-refractivity contribution in [3.8, 4) is 0 Å². The normalized spacial score (nSPS) is 10.4. The summed E-state index contributed by atoms with van der Waals surface area (Å²) in [4.78, 5) is 11.5. The molecule has 0 spiro atoms. The molecule has 0 aliphatic carbocycles. The lowest BCUT2D eigenvalue weighted by Gasteiger charge is -2.09. The molecular formula is C18H20FNO. The number of carbonyl (C=O) groups excluding carboxylic acids is 1. The third-order valence-electron chi connectivity index (χ3n) is 3.56. The molecule has 0 saturated carbocycles.